The van der Waals surface area contributed by atoms with Crippen LogP contribution in [0.4, 0.5) is 4.39 Å². The van der Waals surface area contributed by atoms with Crippen molar-refractivity contribution in [1.29, 1.82) is 0 Å². The van der Waals surface area contributed by atoms with Crippen LogP contribution < -0.4 is 5.32 Å². The van der Waals surface area contributed by atoms with Crippen LogP contribution in [0.3, 0.4) is 0 Å². The molecule has 0 saturated carbocycles. The minimum atomic E-state index is -0.385. The van der Waals surface area contributed by atoms with E-state index in [0.717, 1.165) is 4.90 Å². The summed E-state index contributed by atoms with van der Waals surface area (Å²) in [6, 6.07) is 13.9. The van der Waals surface area contributed by atoms with Crippen LogP contribution in [-0.2, 0) is 6.54 Å². The van der Waals surface area contributed by atoms with Gasteiger partial charge in [0, 0.05) is 11.1 Å². The number of rotatable bonds is 5. The number of hydrogen-bond acceptors (Lipinski definition) is 4. The molecule has 0 fully saturated rings. The van der Waals surface area contributed by atoms with Crippen LogP contribution in [0, 0.1) is 12.7 Å². The molecule has 3 rings (SSSR count). The van der Waals surface area contributed by atoms with E-state index in [9.17, 15) is 9.18 Å². The molecule has 4 nitrogen and oxygen atoms in total. The van der Waals surface area contributed by atoms with E-state index in [2.05, 4.69) is 10.3 Å². The van der Waals surface area contributed by atoms with Crippen LogP contribution in [0.1, 0.15) is 21.8 Å². The normalized spacial score (nSPS) is 10.6. The lowest BCUT2D eigenvalue weighted by molar-refractivity contribution is 0.0917. The van der Waals surface area contributed by atoms with Gasteiger partial charge in [0.2, 0.25) is 0 Å². The van der Waals surface area contributed by atoms with Gasteiger partial charge >= 0.3 is 0 Å². The summed E-state index contributed by atoms with van der Waals surface area (Å²) in [4.78, 5) is 17.1. The van der Waals surface area contributed by atoms with Gasteiger partial charge in [0.1, 0.15) is 5.82 Å². The number of nitrogens with zero attached hydrogens (tertiary/aromatic N) is 1. The Hall–Kier alpha value is -2.60. The summed E-state index contributed by atoms with van der Waals surface area (Å²) >= 11 is 1.44. The Morgan fingerprint density at radius 3 is 2.75 bits per heavy atom. The van der Waals surface area contributed by atoms with Crippen molar-refractivity contribution in [2.75, 3.05) is 0 Å². The molecule has 2 aromatic heterocycles. The SMILES string of the molecule is Cc1ccc(Sc2ccc(C(=O)NCc3cc(F)ccn3)o2)cc1. The fourth-order valence-corrected chi connectivity index (χ4v) is 2.79. The Labute approximate surface area is 143 Å². The lowest BCUT2D eigenvalue weighted by atomic mass is 10.2. The Morgan fingerprint density at radius 1 is 1.21 bits per heavy atom. The van der Waals surface area contributed by atoms with Gasteiger partial charge in [-0.05, 0) is 43.3 Å². The van der Waals surface area contributed by atoms with Gasteiger partial charge in [0.05, 0.1) is 12.2 Å². The Bertz CT molecular complexity index is 846. The molecule has 0 aliphatic carbocycles. The fourth-order valence-electron chi connectivity index (χ4n) is 2.02. The maximum atomic E-state index is 13.1. The molecule has 0 atom stereocenters. The lowest BCUT2D eigenvalue weighted by Crippen LogP contribution is -2.22. The van der Waals surface area contributed by atoms with Gasteiger partial charge in [0.15, 0.2) is 10.9 Å². The summed E-state index contributed by atoms with van der Waals surface area (Å²) in [6.07, 6.45) is 1.36. The predicted octanol–water partition coefficient (Wildman–Crippen LogP) is 4.20. The molecule has 122 valence electrons. The van der Waals surface area contributed by atoms with Gasteiger partial charge in [-0.15, -0.1) is 0 Å². The molecule has 0 aliphatic heterocycles. The first-order valence-electron chi connectivity index (χ1n) is 7.33. The first-order chi connectivity index (χ1) is 11.6. The second-order valence-corrected chi connectivity index (χ2v) is 6.26. The molecule has 1 amide bonds. The number of furan rings is 1. The predicted molar refractivity (Wildman–Crippen MR) is 89.4 cm³/mol. The van der Waals surface area contributed by atoms with Crippen molar-refractivity contribution in [2.45, 2.75) is 23.5 Å². The molecule has 0 radical (unpaired) electrons. The zero-order chi connectivity index (χ0) is 16.9. The number of aromatic nitrogens is 1. The third-order valence-corrected chi connectivity index (χ3v) is 4.18. The topological polar surface area (TPSA) is 55.1 Å². The van der Waals surface area contributed by atoms with E-state index in [1.165, 1.54) is 35.7 Å². The molecule has 3 aromatic rings. The molecule has 0 unspecified atom stereocenters. The summed E-state index contributed by atoms with van der Waals surface area (Å²) in [7, 11) is 0. The van der Waals surface area contributed by atoms with Gasteiger partial charge in [0.25, 0.3) is 5.91 Å². The van der Waals surface area contributed by atoms with Crippen molar-refractivity contribution in [3.63, 3.8) is 0 Å². The second kappa shape index (κ2) is 7.31. The molecule has 0 bridgehead atoms. The van der Waals surface area contributed by atoms with E-state index in [1.807, 2.05) is 31.2 Å². The van der Waals surface area contributed by atoms with Crippen LogP contribution in [-0.4, -0.2) is 10.9 Å². The molecule has 0 spiro atoms. The zero-order valence-corrected chi connectivity index (χ0v) is 13.8. The van der Waals surface area contributed by atoms with Crippen LogP contribution in [0.2, 0.25) is 0 Å². The van der Waals surface area contributed by atoms with E-state index >= 15 is 0 Å². The molecule has 1 N–H and O–H groups in total. The Morgan fingerprint density at radius 2 is 2.00 bits per heavy atom. The Balaban J connectivity index is 1.60. The molecular weight excluding hydrogens is 327 g/mol. The fraction of sp³-hybridized carbons (Fsp3) is 0.111. The lowest BCUT2D eigenvalue weighted by Gasteiger charge is -2.03. The maximum Gasteiger partial charge on any atom is 0.287 e. The molecule has 0 aliphatic rings. The summed E-state index contributed by atoms with van der Waals surface area (Å²) in [5, 5.41) is 3.29. The van der Waals surface area contributed by atoms with Crippen LogP contribution >= 0.6 is 11.8 Å². The monoisotopic (exact) mass is 342 g/mol. The molecular formula is C18H15FN2O2S. The molecule has 0 saturated heterocycles. The van der Waals surface area contributed by atoms with Crippen LogP contribution in [0.5, 0.6) is 0 Å². The highest BCUT2D eigenvalue weighted by Crippen LogP contribution is 2.29. The molecule has 6 heteroatoms. The minimum absolute atomic E-state index is 0.137. The summed E-state index contributed by atoms with van der Waals surface area (Å²) in [5.41, 5.74) is 1.63. The van der Waals surface area contributed by atoms with E-state index in [1.54, 1.807) is 12.1 Å². The first kappa shape index (κ1) is 16.3. The van der Waals surface area contributed by atoms with E-state index < -0.39 is 0 Å². The first-order valence-corrected chi connectivity index (χ1v) is 8.15. The number of carbonyl (C=O) groups is 1. The van der Waals surface area contributed by atoms with E-state index in [4.69, 9.17) is 4.42 Å². The number of nitrogens with one attached hydrogen (secondary N) is 1. The Kier molecular flexibility index (Phi) is 4.96. The third kappa shape index (κ3) is 4.23. The highest BCUT2D eigenvalue weighted by molar-refractivity contribution is 7.99. The highest BCUT2D eigenvalue weighted by atomic mass is 32.2. The van der Waals surface area contributed by atoms with Crippen LogP contribution in [0.15, 0.2) is 69.1 Å². The number of halogens is 1. The summed E-state index contributed by atoms with van der Waals surface area (Å²) in [5.74, 6) is -0.540. The third-order valence-electron chi connectivity index (χ3n) is 3.25. The number of hydrogen-bond donors (Lipinski definition) is 1. The maximum absolute atomic E-state index is 13.1. The van der Waals surface area contributed by atoms with Crippen molar-refractivity contribution in [2.24, 2.45) is 0 Å². The van der Waals surface area contributed by atoms with E-state index in [0.29, 0.717) is 10.8 Å². The van der Waals surface area contributed by atoms with Gasteiger partial charge in [-0.3, -0.25) is 9.78 Å². The van der Waals surface area contributed by atoms with Gasteiger partial charge < -0.3 is 9.73 Å². The smallest absolute Gasteiger partial charge is 0.287 e. The highest BCUT2D eigenvalue weighted by Gasteiger charge is 2.12. The van der Waals surface area contributed by atoms with Crippen molar-refractivity contribution in [1.82, 2.24) is 10.3 Å². The van der Waals surface area contributed by atoms with Crippen molar-refractivity contribution in [3.8, 4) is 0 Å². The van der Waals surface area contributed by atoms with Crippen molar-refractivity contribution in [3.05, 3.63) is 77.6 Å². The van der Waals surface area contributed by atoms with Gasteiger partial charge in [-0.25, -0.2) is 4.39 Å². The van der Waals surface area contributed by atoms with Crippen molar-refractivity contribution >= 4 is 17.7 Å². The zero-order valence-electron chi connectivity index (χ0n) is 13.0. The second-order valence-electron chi connectivity index (χ2n) is 5.18. The van der Waals surface area contributed by atoms with Crippen molar-refractivity contribution < 1.29 is 13.6 Å². The number of carbonyl (C=O) groups excluding carboxylic acids is 1. The minimum Gasteiger partial charge on any atom is -0.444 e. The van der Waals surface area contributed by atoms with E-state index in [-0.39, 0.29) is 24.0 Å². The summed E-state index contributed by atoms with van der Waals surface area (Å²) < 4.78 is 18.6. The number of benzene rings is 1. The number of amides is 1. The largest absolute Gasteiger partial charge is 0.444 e. The van der Waals surface area contributed by atoms with Crippen LogP contribution in [0.25, 0.3) is 0 Å². The number of aryl methyl sites for hydroxylation is 1. The van der Waals surface area contributed by atoms with Gasteiger partial charge in [-0.1, -0.05) is 29.5 Å². The molecule has 2 heterocycles. The quantitative estimate of drug-likeness (QED) is 0.755. The molecule has 1 aromatic carbocycles. The van der Waals surface area contributed by atoms with Gasteiger partial charge in [-0.2, -0.15) is 0 Å². The number of pyridine rings is 1. The molecule has 24 heavy (non-hydrogen) atoms. The standard InChI is InChI=1S/C18H15FN2O2S/c1-12-2-4-15(5-3-12)24-17-7-6-16(23-17)18(22)21-11-14-10-13(19)8-9-20-14/h2-10H,11H2,1H3,(H,21,22). The average molecular weight is 342 g/mol. The average Bonchev–Trinajstić information content (AvgIpc) is 3.03. The summed E-state index contributed by atoms with van der Waals surface area (Å²) in [6.45, 7) is 2.16.